The molecule has 0 aliphatic carbocycles. The van der Waals surface area contributed by atoms with E-state index in [0.29, 0.717) is 0 Å². The van der Waals surface area contributed by atoms with E-state index in [-0.39, 0.29) is 22.8 Å². The molecule has 0 spiro atoms. The van der Waals surface area contributed by atoms with Crippen molar-refractivity contribution in [2.45, 2.75) is 19.4 Å². The molecule has 1 aromatic carbocycles. The Labute approximate surface area is 146 Å². The van der Waals surface area contributed by atoms with E-state index in [1.807, 2.05) is 11.4 Å². The minimum atomic E-state index is -1.06. The molecule has 0 bridgehead atoms. The lowest BCUT2D eigenvalue weighted by Crippen LogP contribution is -2.30. The lowest BCUT2D eigenvalue weighted by Gasteiger charge is -2.14. The van der Waals surface area contributed by atoms with Crippen LogP contribution in [0.1, 0.15) is 11.8 Å². The van der Waals surface area contributed by atoms with Crippen LogP contribution in [0.2, 0.25) is 5.02 Å². The summed E-state index contributed by atoms with van der Waals surface area (Å²) in [5.74, 6) is -1.16. The van der Waals surface area contributed by atoms with E-state index in [0.717, 1.165) is 10.9 Å². The molecule has 0 fully saturated rings. The minimum absolute atomic E-state index is 0.0762. The number of ether oxygens (including phenoxy) is 1. The fourth-order valence-electron chi connectivity index (χ4n) is 1.80. The summed E-state index contributed by atoms with van der Waals surface area (Å²) >= 11 is 7.32. The maximum absolute atomic E-state index is 12.1. The SMILES string of the molecule is C[C@@H](OC(=O)Cc1cccs1)C(=O)Nc1cc([N+](=O)[O-])ccc1Cl. The van der Waals surface area contributed by atoms with E-state index in [2.05, 4.69) is 5.32 Å². The van der Waals surface area contributed by atoms with Crippen molar-refractivity contribution >= 4 is 46.2 Å². The van der Waals surface area contributed by atoms with E-state index in [1.54, 1.807) is 6.07 Å². The Morgan fingerprint density at radius 3 is 2.79 bits per heavy atom. The van der Waals surface area contributed by atoms with Gasteiger partial charge in [-0.25, -0.2) is 0 Å². The van der Waals surface area contributed by atoms with Gasteiger partial charge in [0.2, 0.25) is 0 Å². The van der Waals surface area contributed by atoms with E-state index in [1.165, 1.54) is 30.4 Å². The zero-order valence-corrected chi connectivity index (χ0v) is 14.1. The molecule has 1 heterocycles. The zero-order valence-electron chi connectivity index (χ0n) is 12.5. The van der Waals surface area contributed by atoms with Crippen molar-refractivity contribution in [3.05, 3.63) is 55.7 Å². The number of amides is 1. The third-order valence-corrected chi connectivity index (χ3v) is 4.20. The van der Waals surface area contributed by atoms with Gasteiger partial charge in [-0.05, 0) is 24.4 Å². The number of anilines is 1. The van der Waals surface area contributed by atoms with Crippen LogP contribution in [0.4, 0.5) is 11.4 Å². The first-order valence-electron chi connectivity index (χ1n) is 6.83. The van der Waals surface area contributed by atoms with Crippen molar-refractivity contribution in [3.63, 3.8) is 0 Å². The molecule has 2 rings (SSSR count). The van der Waals surface area contributed by atoms with E-state index in [4.69, 9.17) is 16.3 Å². The average molecular weight is 369 g/mol. The summed E-state index contributed by atoms with van der Waals surface area (Å²) in [6.45, 7) is 1.41. The van der Waals surface area contributed by atoms with Crippen LogP contribution < -0.4 is 5.32 Å². The Balaban J connectivity index is 1.97. The summed E-state index contributed by atoms with van der Waals surface area (Å²) in [6.07, 6.45) is -0.986. The Kier molecular flexibility index (Phi) is 5.88. The lowest BCUT2D eigenvalue weighted by atomic mass is 10.2. The van der Waals surface area contributed by atoms with Crippen molar-refractivity contribution in [1.29, 1.82) is 0 Å². The molecule has 7 nitrogen and oxygen atoms in total. The Morgan fingerprint density at radius 2 is 2.17 bits per heavy atom. The predicted octanol–water partition coefficient (Wildman–Crippen LogP) is 3.42. The third-order valence-electron chi connectivity index (χ3n) is 2.99. The van der Waals surface area contributed by atoms with Crippen molar-refractivity contribution in [2.75, 3.05) is 5.32 Å². The number of nitrogens with zero attached hydrogens (tertiary/aromatic N) is 1. The number of non-ortho nitro benzene ring substituents is 1. The van der Waals surface area contributed by atoms with Crippen molar-refractivity contribution in [1.82, 2.24) is 0 Å². The molecular formula is C15H13ClN2O5S. The van der Waals surface area contributed by atoms with Crippen LogP contribution in [-0.2, 0) is 20.7 Å². The normalized spacial score (nSPS) is 11.6. The summed E-state index contributed by atoms with van der Waals surface area (Å²) in [5.41, 5.74) is -0.130. The number of esters is 1. The number of rotatable bonds is 6. The fourth-order valence-corrected chi connectivity index (χ4v) is 2.66. The van der Waals surface area contributed by atoms with E-state index < -0.39 is 22.9 Å². The molecule has 1 amide bonds. The lowest BCUT2D eigenvalue weighted by molar-refractivity contribution is -0.384. The van der Waals surface area contributed by atoms with Gasteiger partial charge in [0.15, 0.2) is 6.10 Å². The topological polar surface area (TPSA) is 98.5 Å². The van der Waals surface area contributed by atoms with Crippen molar-refractivity contribution in [3.8, 4) is 0 Å². The molecular weight excluding hydrogens is 356 g/mol. The molecule has 0 radical (unpaired) electrons. The number of carbonyl (C=O) groups is 2. The first-order chi connectivity index (χ1) is 11.4. The molecule has 24 heavy (non-hydrogen) atoms. The second kappa shape index (κ2) is 7.89. The van der Waals surface area contributed by atoms with Crippen LogP contribution in [0.25, 0.3) is 0 Å². The zero-order chi connectivity index (χ0) is 17.7. The largest absolute Gasteiger partial charge is 0.452 e. The van der Waals surface area contributed by atoms with Crippen LogP contribution in [0, 0.1) is 10.1 Å². The Hall–Kier alpha value is -2.45. The van der Waals surface area contributed by atoms with Crippen LogP contribution in [0.3, 0.4) is 0 Å². The number of thiophene rings is 1. The summed E-state index contributed by atoms with van der Waals surface area (Å²) < 4.78 is 5.05. The second-order valence-corrected chi connectivity index (χ2v) is 6.24. The minimum Gasteiger partial charge on any atom is -0.452 e. The number of nitro groups is 1. The molecule has 126 valence electrons. The summed E-state index contributed by atoms with van der Waals surface area (Å²) in [7, 11) is 0. The first-order valence-corrected chi connectivity index (χ1v) is 8.09. The Bertz CT molecular complexity index is 763. The van der Waals surface area contributed by atoms with E-state index >= 15 is 0 Å². The highest BCUT2D eigenvalue weighted by Gasteiger charge is 2.20. The number of benzene rings is 1. The van der Waals surface area contributed by atoms with Crippen LogP contribution >= 0.6 is 22.9 Å². The molecule has 0 unspecified atom stereocenters. The van der Waals surface area contributed by atoms with Gasteiger partial charge in [0.25, 0.3) is 11.6 Å². The van der Waals surface area contributed by atoms with Gasteiger partial charge in [-0.15, -0.1) is 11.3 Å². The quantitative estimate of drug-likeness (QED) is 0.478. The number of hydrogen-bond donors (Lipinski definition) is 1. The molecule has 1 aromatic heterocycles. The van der Waals surface area contributed by atoms with Crippen molar-refractivity contribution in [2.24, 2.45) is 0 Å². The number of nitro benzene ring substituents is 1. The van der Waals surface area contributed by atoms with Gasteiger partial charge in [0.1, 0.15) is 0 Å². The molecule has 1 atom stereocenters. The van der Waals surface area contributed by atoms with Gasteiger partial charge < -0.3 is 10.1 Å². The van der Waals surface area contributed by atoms with Crippen LogP contribution in [-0.4, -0.2) is 22.9 Å². The Morgan fingerprint density at radius 1 is 1.42 bits per heavy atom. The molecule has 2 aromatic rings. The molecule has 0 aliphatic rings. The number of carbonyl (C=O) groups excluding carboxylic acids is 2. The highest BCUT2D eigenvalue weighted by Crippen LogP contribution is 2.26. The maximum atomic E-state index is 12.1. The average Bonchev–Trinajstić information content (AvgIpc) is 3.01. The third kappa shape index (κ3) is 4.77. The van der Waals surface area contributed by atoms with Crippen molar-refractivity contribution < 1.29 is 19.2 Å². The molecule has 9 heteroatoms. The number of nitrogens with one attached hydrogen (secondary N) is 1. The number of halogens is 1. The summed E-state index contributed by atoms with van der Waals surface area (Å²) in [5, 5.41) is 15.2. The summed E-state index contributed by atoms with van der Waals surface area (Å²) in [4.78, 5) is 34.8. The summed E-state index contributed by atoms with van der Waals surface area (Å²) in [6, 6.07) is 7.28. The second-order valence-electron chi connectivity index (χ2n) is 4.80. The van der Waals surface area contributed by atoms with Gasteiger partial charge in [-0.3, -0.25) is 19.7 Å². The molecule has 0 aliphatic heterocycles. The van der Waals surface area contributed by atoms with Crippen LogP contribution in [0.15, 0.2) is 35.7 Å². The van der Waals surface area contributed by atoms with Gasteiger partial charge in [-0.2, -0.15) is 0 Å². The molecule has 0 saturated carbocycles. The predicted molar refractivity (Wildman–Crippen MR) is 90.3 cm³/mol. The standard InChI is InChI=1S/C15H13ClN2O5S/c1-9(23-14(19)8-11-3-2-6-24-11)15(20)17-13-7-10(18(21)22)4-5-12(13)16/h2-7,9H,8H2,1H3,(H,17,20)/t9-/m1/s1. The highest BCUT2D eigenvalue weighted by atomic mass is 35.5. The smallest absolute Gasteiger partial charge is 0.311 e. The van der Waals surface area contributed by atoms with Crippen LogP contribution in [0.5, 0.6) is 0 Å². The fraction of sp³-hybridized carbons (Fsp3) is 0.200. The molecule has 1 N–H and O–H groups in total. The number of hydrogen-bond acceptors (Lipinski definition) is 6. The van der Waals surface area contributed by atoms with Gasteiger partial charge >= 0.3 is 5.97 Å². The van der Waals surface area contributed by atoms with E-state index in [9.17, 15) is 19.7 Å². The van der Waals surface area contributed by atoms with Gasteiger partial charge in [0, 0.05) is 17.0 Å². The maximum Gasteiger partial charge on any atom is 0.311 e. The highest BCUT2D eigenvalue weighted by molar-refractivity contribution is 7.10. The van der Waals surface area contributed by atoms with Gasteiger partial charge in [-0.1, -0.05) is 17.7 Å². The molecule has 0 saturated heterocycles. The van der Waals surface area contributed by atoms with Gasteiger partial charge in [0.05, 0.1) is 22.1 Å². The monoisotopic (exact) mass is 368 g/mol. The first kappa shape index (κ1) is 17.9.